The maximum absolute atomic E-state index is 13.5. The van der Waals surface area contributed by atoms with Crippen molar-refractivity contribution < 1.29 is 110 Å². The average Bonchev–Trinajstić information content (AvgIpc) is 1.72. The van der Waals surface area contributed by atoms with Crippen molar-refractivity contribution in [2.24, 2.45) is 40.8 Å². The number of carbonyl (C=O) groups excluding carboxylic acids is 9. The van der Waals surface area contributed by atoms with Crippen molar-refractivity contribution >= 4 is 145 Å². The summed E-state index contributed by atoms with van der Waals surface area (Å²) in [6.45, 7) is 11.8. The first-order chi connectivity index (χ1) is 53.8. The normalized spacial score (nSPS) is 18.3. The minimum absolute atomic E-state index is 0. The molecule has 7 N–H and O–H groups in total. The third kappa shape index (κ3) is 25.4. The molecule has 41 nitrogen and oxygen atoms in total. The Morgan fingerprint density at radius 2 is 0.791 bits per heavy atom. The van der Waals surface area contributed by atoms with E-state index in [0.717, 1.165) is 53.4 Å². The van der Waals surface area contributed by atoms with E-state index in [-0.39, 0.29) is 87.2 Å². The molecular weight excluding hydrogens is 1550 g/mol. The van der Waals surface area contributed by atoms with Gasteiger partial charge in [-0.25, -0.2) is 9.59 Å². The Bertz CT molecular complexity index is 4510. The number of rotatable bonds is 23. The molecule has 6 aliphatic rings. The number of carboxylic acid groups (broad SMARTS) is 3. The summed E-state index contributed by atoms with van der Waals surface area (Å²) in [7, 11) is 7.67. The van der Waals surface area contributed by atoms with Gasteiger partial charge in [0.1, 0.15) is 23.6 Å². The minimum atomic E-state index is -1.44. The summed E-state index contributed by atoms with van der Waals surface area (Å²) < 4.78 is 3.33. The quantitative estimate of drug-likeness (QED) is 0.0176. The van der Waals surface area contributed by atoms with Crippen LogP contribution in [-0.2, 0) is 69.8 Å². The van der Waals surface area contributed by atoms with Crippen LogP contribution in [-0.4, -0.2) is 239 Å². The van der Waals surface area contributed by atoms with Gasteiger partial charge in [0.15, 0.2) is 47.6 Å². The molecule has 2 aliphatic carbocycles. The molecule has 0 saturated carbocycles. The van der Waals surface area contributed by atoms with E-state index in [1.807, 2.05) is 50.1 Å². The number of hydrazone groups is 4. The fraction of sp³-hybridized carbons (Fsp3) is 0.274. The van der Waals surface area contributed by atoms with Gasteiger partial charge in [-0.2, -0.15) is 39.6 Å². The number of hydrogen-bond acceptors (Lipinski definition) is 33. The van der Waals surface area contributed by atoms with E-state index in [2.05, 4.69) is 51.7 Å². The minimum Gasteiger partial charge on any atom is -0.769 e. The van der Waals surface area contributed by atoms with Gasteiger partial charge < -0.3 is 76.5 Å². The summed E-state index contributed by atoms with van der Waals surface area (Å²) in [4.78, 5) is 139. The van der Waals surface area contributed by atoms with Crippen molar-refractivity contribution in [3.8, 4) is 0 Å². The number of aliphatic hydroxyl groups is 3. The number of carbonyl (C=O) groups is 11. The predicted molar refractivity (Wildman–Crippen MR) is 414 cm³/mol. The fourth-order valence-electron chi connectivity index (χ4n) is 9.80. The van der Waals surface area contributed by atoms with Gasteiger partial charge >= 0.3 is 52.6 Å². The molecule has 10 rings (SSSR count). The first-order valence-electron chi connectivity index (χ1n) is 34.1. The van der Waals surface area contributed by atoms with Crippen LogP contribution in [0.3, 0.4) is 0 Å². The molecule has 4 aliphatic heterocycles. The summed E-state index contributed by atoms with van der Waals surface area (Å²) >= 11 is 0. The van der Waals surface area contributed by atoms with Crippen molar-refractivity contribution in [2.75, 3.05) is 75.2 Å². The van der Waals surface area contributed by atoms with Crippen molar-refractivity contribution in [3.63, 3.8) is 0 Å². The van der Waals surface area contributed by atoms with Crippen LogP contribution in [0.2, 0.25) is 0 Å². The number of carboxylic acids is 3. The molecule has 6 amide bonds. The fourth-order valence-corrected chi connectivity index (χ4v) is 9.80. The zero-order chi connectivity index (χ0) is 84.5. The van der Waals surface area contributed by atoms with Crippen LogP contribution < -0.4 is 35.1 Å². The number of pyridine rings is 2. The number of aliphatic carboxylic acids is 3. The number of amides is 6. The standard InChI is InChI=1S/2C32H31N10O6.3C3H6O3.Fe/c2*1-20-27(30(44)40(18-8-15-38(3)4)32(46)29(20)39-16-6-5-7-17-39)35-33-22-9-11-23(12-10-22)41-31(45)28(21(2)37-41)36-34-25-14-13-24(42(47)48)19-26(25)43;3*1-2(4)3(5)6;/h2*5-7,9-14,16-17,19,33H,8,15,18H2,1-4H3;3*2,4H,1H3,(H,5,6);/q2*-1;;;;+3/p-1/b2*34-25-,35-27+,36-28+;;;;. The Labute approximate surface area is 666 Å². The second kappa shape index (κ2) is 43.1. The largest absolute Gasteiger partial charge is 3.00 e. The van der Waals surface area contributed by atoms with E-state index in [4.69, 9.17) is 25.5 Å². The van der Waals surface area contributed by atoms with E-state index in [9.17, 15) is 78.7 Å². The number of nitrogens with zero attached hydrogens (tertiary/aromatic N) is 18. The van der Waals surface area contributed by atoms with Gasteiger partial charge in [0, 0.05) is 60.9 Å². The summed E-state index contributed by atoms with van der Waals surface area (Å²) in [5.74, 6) is -8.24. The number of hydrogen-bond donors (Lipinski definition) is 7. The molecule has 2 aromatic carbocycles. The number of aliphatic hydroxyl groups excluding tert-OH is 3. The molecule has 42 heteroatoms. The maximum atomic E-state index is 13.5. The summed E-state index contributed by atoms with van der Waals surface area (Å²) in [6.07, 6.45) is 10.5. The number of anilines is 4. The molecule has 0 bridgehead atoms. The number of hydroxylamine groups is 4. The second-order valence-corrected chi connectivity index (χ2v) is 25.1. The van der Waals surface area contributed by atoms with Crippen molar-refractivity contribution in [2.45, 2.75) is 79.6 Å². The van der Waals surface area contributed by atoms with Crippen molar-refractivity contribution in [3.05, 3.63) is 190 Å². The predicted octanol–water partition coefficient (Wildman–Crippen LogP) is 0.685. The first-order valence-corrected chi connectivity index (χ1v) is 34.1. The zero-order valence-electron chi connectivity index (χ0n) is 63.5. The molecule has 1 radical (unpaired) electrons. The van der Waals surface area contributed by atoms with Crippen LogP contribution in [0, 0.1) is 20.8 Å². The number of allylic oxidation sites excluding steroid dienone is 6. The Kier molecular flexibility index (Phi) is 34.6. The average molecular weight is 1630 g/mol. The van der Waals surface area contributed by atoms with Crippen LogP contribution in [0.5, 0.6) is 0 Å². The van der Waals surface area contributed by atoms with Crippen LogP contribution >= 0.6 is 0 Å². The first kappa shape index (κ1) is 92.5. The van der Waals surface area contributed by atoms with Gasteiger partial charge in [0.2, 0.25) is 11.6 Å². The van der Waals surface area contributed by atoms with Gasteiger partial charge in [-0.15, -0.1) is 20.4 Å². The number of ketones is 2. The van der Waals surface area contributed by atoms with Gasteiger partial charge in [-0.1, -0.05) is 12.1 Å². The number of nitrogens with one attached hydrogen (secondary N) is 2. The number of imide groups is 2. The van der Waals surface area contributed by atoms with E-state index in [0.29, 0.717) is 71.2 Å². The molecule has 0 saturated heterocycles. The summed E-state index contributed by atoms with van der Waals surface area (Å²) in [5.41, 5.74) is 8.41. The topological polar surface area (TPSA) is 561 Å². The molecule has 605 valence electrons. The zero-order valence-corrected chi connectivity index (χ0v) is 64.6. The van der Waals surface area contributed by atoms with Gasteiger partial charge in [-0.05, 0) is 175 Å². The molecule has 4 aromatic rings. The van der Waals surface area contributed by atoms with Gasteiger partial charge in [0.05, 0.1) is 57.4 Å². The number of aromatic nitrogens is 2. The van der Waals surface area contributed by atoms with Gasteiger partial charge in [0.25, 0.3) is 23.2 Å². The van der Waals surface area contributed by atoms with Crippen LogP contribution in [0.25, 0.3) is 11.4 Å². The van der Waals surface area contributed by atoms with Crippen molar-refractivity contribution in [1.29, 1.82) is 0 Å². The van der Waals surface area contributed by atoms with Crippen LogP contribution in [0.4, 0.5) is 22.7 Å². The molecule has 6 heterocycles. The molecular formula is C73H79FeN20O21. The molecule has 3 unspecified atom stereocenters. The second-order valence-electron chi connectivity index (χ2n) is 25.1. The monoisotopic (exact) mass is 1630 g/mol. The summed E-state index contributed by atoms with van der Waals surface area (Å²) in [6, 6.07) is 23.8. The molecule has 115 heavy (non-hydrogen) atoms. The van der Waals surface area contributed by atoms with E-state index < -0.39 is 93.7 Å². The van der Waals surface area contributed by atoms with Gasteiger partial charge in [-0.3, -0.25) is 59.0 Å². The molecule has 3 atom stereocenters. The third-order valence-corrected chi connectivity index (χ3v) is 15.8. The molecule has 0 fully saturated rings. The Hall–Kier alpha value is -13.1. The third-order valence-electron chi connectivity index (χ3n) is 15.8. The maximum Gasteiger partial charge on any atom is 3.00 e. The SMILES string of the molecule is CC(O)C(=O)O.CC(O)C(=O)O.CC(O)C(=O)[O-].CC1=NN(c2ccc(N/N=C3/C(=O)N(CCCN(C)C)C(=O)C([n+]4ccccc4)=C3C)cc2)C(=O)/C1=N/N=C1/C=CC(N([O-])[O-])=CC1=O.CC1=NN(c2ccc(N/N=C3/C(=O)N(CCCN(C)C)C(=O)C([n+]4ccccc4)=C3C)cc2)C(=O)/C1=N/N=C1/C=CC(N([O-])[O-])=CC1=O.[Fe+3]. The smallest absolute Gasteiger partial charge is 0.769 e. The van der Waals surface area contributed by atoms with E-state index >= 15 is 0 Å². The molecule has 0 spiro atoms. The Morgan fingerprint density at radius 3 is 1.06 bits per heavy atom. The Balaban J connectivity index is 0.000000335. The van der Waals surface area contributed by atoms with Crippen LogP contribution in [0.15, 0.2) is 210 Å². The number of benzene rings is 2. The molecule has 2 aromatic heterocycles. The Morgan fingerprint density at radius 1 is 0.478 bits per heavy atom. The van der Waals surface area contributed by atoms with Crippen molar-refractivity contribution in [1.82, 2.24) is 30.1 Å². The van der Waals surface area contributed by atoms with E-state index in [1.165, 1.54) is 23.6 Å². The van der Waals surface area contributed by atoms with Crippen LogP contribution in [0.1, 0.15) is 61.3 Å². The summed E-state index contributed by atoms with van der Waals surface area (Å²) in [5, 5.41) is 126. The van der Waals surface area contributed by atoms with E-state index in [1.54, 1.807) is 134 Å².